The van der Waals surface area contributed by atoms with Gasteiger partial charge in [0.1, 0.15) is 12.4 Å². The standard InChI is InChI=1S/C21H23F2N7O3S/c1-2-32-13-18(31)30(15-5-3-6-16(11-15)33-19(22)23)21-28-27-20(34-21)25-14-8-10-29(12-14)17-7-4-9-24-26-17/h3-7,9,11,14,19H,2,8,10,12-13H2,1H3,(H,25,27)/t14-/m1/s1. The highest BCUT2D eigenvalue weighted by Gasteiger charge is 2.27. The lowest BCUT2D eigenvalue weighted by Crippen LogP contribution is -2.29. The summed E-state index contributed by atoms with van der Waals surface area (Å²) < 4.78 is 35.1. The SMILES string of the molecule is CCOCC(=O)N(c1cccc(OC(F)F)c1)c1nnc(N[C@@H]2CCN(c3cccnn3)C2)s1. The number of alkyl halides is 2. The van der Waals surface area contributed by atoms with Crippen LogP contribution < -0.4 is 19.9 Å². The van der Waals surface area contributed by atoms with E-state index in [1.165, 1.54) is 34.4 Å². The Hall–Kier alpha value is -3.45. The second-order valence-electron chi connectivity index (χ2n) is 7.29. The zero-order valence-corrected chi connectivity index (χ0v) is 19.1. The third kappa shape index (κ3) is 5.91. The molecule has 1 aromatic carbocycles. The highest BCUT2D eigenvalue weighted by molar-refractivity contribution is 7.19. The molecule has 0 saturated carbocycles. The van der Waals surface area contributed by atoms with Gasteiger partial charge in [0.15, 0.2) is 5.82 Å². The fraction of sp³-hybridized carbons (Fsp3) is 0.381. The maximum absolute atomic E-state index is 12.9. The first kappa shape index (κ1) is 23.7. The van der Waals surface area contributed by atoms with E-state index in [4.69, 9.17) is 4.74 Å². The molecule has 4 rings (SSSR count). The molecule has 0 bridgehead atoms. The third-order valence-electron chi connectivity index (χ3n) is 4.98. The molecule has 0 aliphatic carbocycles. The van der Waals surface area contributed by atoms with Gasteiger partial charge in [-0.05, 0) is 37.6 Å². The largest absolute Gasteiger partial charge is 0.435 e. The molecule has 180 valence electrons. The average molecular weight is 492 g/mol. The number of halogens is 2. The molecule has 0 radical (unpaired) electrons. The zero-order chi connectivity index (χ0) is 23.9. The average Bonchev–Trinajstić information content (AvgIpc) is 3.48. The maximum Gasteiger partial charge on any atom is 0.387 e. The van der Waals surface area contributed by atoms with Gasteiger partial charge in [-0.3, -0.25) is 9.69 Å². The van der Waals surface area contributed by atoms with Gasteiger partial charge in [-0.25, -0.2) is 0 Å². The van der Waals surface area contributed by atoms with Gasteiger partial charge >= 0.3 is 6.61 Å². The van der Waals surface area contributed by atoms with Gasteiger partial charge in [0.25, 0.3) is 5.91 Å². The fourth-order valence-electron chi connectivity index (χ4n) is 3.50. The van der Waals surface area contributed by atoms with Crippen LogP contribution in [0.15, 0.2) is 42.6 Å². The highest BCUT2D eigenvalue weighted by atomic mass is 32.1. The molecule has 0 unspecified atom stereocenters. The van der Waals surface area contributed by atoms with Crippen LogP contribution in [0.4, 0.5) is 30.5 Å². The van der Waals surface area contributed by atoms with Crippen LogP contribution in [0.1, 0.15) is 13.3 Å². The first-order chi connectivity index (χ1) is 16.5. The molecule has 13 heteroatoms. The Morgan fingerprint density at radius 3 is 2.94 bits per heavy atom. The molecular formula is C21H23F2N7O3S. The third-order valence-corrected chi connectivity index (χ3v) is 5.82. The van der Waals surface area contributed by atoms with Gasteiger partial charge in [-0.15, -0.1) is 15.3 Å². The Kier molecular flexibility index (Phi) is 7.75. The van der Waals surface area contributed by atoms with Crippen LogP contribution in [-0.4, -0.2) is 65.3 Å². The van der Waals surface area contributed by atoms with Crippen LogP contribution in [0.3, 0.4) is 0 Å². The van der Waals surface area contributed by atoms with Gasteiger partial charge in [-0.1, -0.05) is 17.4 Å². The molecule has 1 aliphatic heterocycles. The number of carbonyl (C=O) groups is 1. The number of carbonyl (C=O) groups excluding carboxylic acids is 1. The predicted molar refractivity (Wildman–Crippen MR) is 123 cm³/mol. The molecule has 1 atom stereocenters. The molecule has 3 aromatic rings. The minimum Gasteiger partial charge on any atom is -0.435 e. The number of hydrogen-bond donors (Lipinski definition) is 1. The summed E-state index contributed by atoms with van der Waals surface area (Å²) in [5.41, 5.74) is 0.320. The molecule has 0 spiro atoms. The zero-order valence-electron chi connectivity index (χ0n) is 18.3. The van der Waals surface area contributed by atoms with Crippen molar-refractivity contribution in [3.8, 4) is 5.75 Å². The molecule has 34 heavy (non-hydrogen) atoms. The number of hydrogen-bond acceptors (Lipinski definition) is 10. The lowest BCUT2D eigenvalue weighted by molar-refractivity contribution is -0.122. The van der Waals surface area contributed by atoms with E-state index in [0.29, 0.717) is 24.0 Å². The van der Waals surface area contributed by atoms with E-state index in [0.717, 1.165) is 18.8 Å². The van der Waals surface area contributed by atoms with Crippen molar-refractivity contribution >= 4 is 39.0 Å². The van der Waals surface area contributed by atoms with Crippen molar-refractivity contribution in [1.82, 2.24) is 20.4 Å². The Labute approximate surface area is 198 Å². The van der Waals surface area contributed by atoms with Crippen molar-refractivity contribution < 1.29 is 23.0 Å². The summed E-state index contributed by atoms with van der Waals surface area (Å²) in [5.74, 6) is 0.330. The van der Waals surface area contributed by atoms with E-state index in [1.807, 2.05) is 12.1 Å². The van der Waals surface area contributed by atoms with E-state index in [-0.39, 0.29) is 23.5 Å². The number of nitrogens with zero attached hydrogens (tertiary/aromatic N) is 6. The monoisotopic (exact) mass is 491 g/mol. The summed E-state index contributed by atoms with van der Waals surface area (Å²) in [5, 5.41) is 20.6. The lowest BCUT2D eigenvalue weighted by Gasteiger charge is -2.20. The van der Waals surface area contributed by atoms with E-state index in [9.17, 15) is 13.6 Å². The van der Waals surface area contributed by atoms with Crippen LogP contribution in [0, 0.1) is 0 Å². The number of anilines is 4. The summed E-state index contributed by atoms with van der Waals surface area (Å²) in [6, 6.07) is 9.72. The minimum atomic E-state index is -2.98. The van der Waals surface area contributed by atoms with Gasteiger partial charge in [0.2, 0.25) is 10.3 Å². The van der Waals surface area contributed by atoms with Crippen LogP contribution in [0.2, 0.25) is 0 Å². The predicted octanol–water partition coefficient (Wildman–Crippen LogP) is 3.32. The van der Waals surface area contributed by atoms with E-state index in [2.05, 4.69) is 35.3 Å². The smallest absolute Gasteiger partial charge is 0.387 e. The van der Waals surface area contributed by atoms with Crippen molar-refractivity contribution in [3.05, 3.63) is 42.6 Å². The Morgan fingerprint density at radius 1 is 1.29 bits per heavy atom. The summed E-state index contributed by atoms with van der Waals surface area (Å²) in [6.45, 7) is 0.474. The van der Waals surface area contributed by atoms with Crippen LogP contribution in [0.25, 0.3) is 0 Å². The van der Waals surface area contributed by atoms with E-state index < -0.39 is 12.5 Å². The van der Waals surface area contributed by atoms with Gasteiger partial charge in [0, 0.05) is 38.0 Å². The number of aromatic nitrogens is 4. The summed E-state index contributed by atoms with van der Waals surface area (Å²) in [7, 11) is 0. The first-order valence-electron chi connectivity index (χ1n) is 10.6. The lowest BCUT2D eigenvalue weighted by atomic mass is 10.2. The quantitative estimate of drug-likeness (QED) is 0.457. The van der Waals surface area contributed by atoms with Gasteiger partial charge in [0.05, 0.1) is 5.69 Å². The Bertz CT molecular complexity index is 1090. The fourth-order valence-corrected chi connectivity index (χ4v) is 4.36. The normalized spacial score (nSPS) is 15.5. The van der Waals surface area contributed by atoms with Crippen molar-refractivity contribution in [2.24, 2.45) is 0 Å². The molecule has 2 aromatic heterocycles. The summed E-state index contributed by atoms with van der Waals surface area (Å²) >= 11 is 1.18. The minimum absolute atomic E-state index is 0.0698. The van der Waals surface area contributed by atoms with Crippen LogP contribution >= 0.6 is 11.3 Å². The van der Waals surface area contributed by atoms with Crippen LogP contribution in [0.5, 0.6) is 5.75 Å². The van der Waals surface area contributed by atoms with E-state index >= 15 is 0 Å². The van der Waals surface area contributed by atoms with Crippen molar-refractivity contribution in [1.29, 1.82) is 0 Å². The highest BCUT2D eigenvalue weighted by Crippen LogP contribution is 2.33. The number of amides is 1. The number of nitrogens with one attached hydrogen (secondary N) is 1. The van der Waals surface area contributed by atoms with Crippen molar-refractivity contribution in [2.75, 3.05) is 41.4 Å². The van der Waals surface area contributed by atoms with Crippen LogP contribution in [-0.2, 0) is 9.53 Å². The summed E-state index contributed by atoms with van der Waals surface area (Å²) in [4.78, 5) is 16.3. The Balaban J connectivity index is 1.50. The topological polar surface area (TPSA) is 106 Å². The molecular weight excluding hydrogens is 468 g/mol. The number of rotatable bonds is 10. The summed E-state index contributed by atoms with van der Waals surface area (Å²) in [6.07, 6.45) is 2.50. The molecule has 1 N–H and O–H groups in total. The molecule has 1 fully saturated rings. The van der Waals surface area contributed by atoms with Crippen molar-refractivity contribution in [3.63, 3.8) is 0 Å². The second kappa shape index (κ2) is 11.1. The van der Waals surface area contributed by atoms with E-state index in [1.54, 1.807) is 19.2 Å². The van der Waals surface area contributed by atoms with Crippen molar-refractivity contribution in [2.45, 2.75) is 26.0 Å². The van der Waals surface area contributed by atoms with Gasteiger partial charge < -0.3 is 19.7 Å². The molecule has 1 amide bonds. The Morgan fingerprint density at radius 2 is 2.18 bits per heavy atom. The molecule has 3 heterocycles. The first-order valence-corrected chi connectivity index (χ1v) is 11.4. The molecule has 10 nitrogen and oxygen atoms in total. The van der Waals surface area contributed by atoms with Gasteiger partial charge in [-0.2, -0.15) is 13.9 Å². The molecule has 1 saturated heterocycles. The number of ether oxygens (including phenoxy) is 2. The maximum atomic E-state index is 12.9. The number of benzene rings is 1. The second-order valence-corrected chi connectivity index (χ2v) is 8.25. The molecule has 1 aliphatic rings.